The normalized spacial score (nSPS) is 12.9. The molecular formula is C43H40Cl3NO6S. The lowest BCUT2D eigenvalue weighted by Crippen LogP contribution is -2.25. The van der Waals surface area contributed by atoms with Crippen molar-refractivity contribution in [2.45, 2.75) is 56.1 Å². The molecule has 0 aliphatic carbocycles. The number of ether oxygens (including phenoxy) is 3. The number of hydrogen-bond donors (Lipinski definition) is 0. The first-order valence-corrected chi connectivity index (χ1v) is 20.0. The molecule has 11 heteroatoms. The zero-order chi connectivity index (χ0) is 38.9. The molecule has 7 nitrogen and oxygen atoms in total. The molecule has 1 aliphatic heterocycles. The standard InChI is InChI=1S/C42H39NO6S.CHCl3/c1-25(2)49-42(44)41-37(38-31-13-9-7-11-28(31)17-21-35(38)47-5)27(4)33-23-43(50(45,46)30-19-15-26(3)16-20-30)24-34(33)40(41)39-32-14-10-8-12-29(32)18-22-36(39)48-6;2-1(3)4/h7-22,25H,23-24H2,1-6H3;1H. The predicted molar refractivity (Wildman–Crippen MR) is 220 cm³/mol. The Labute approximate surface area is 331 Å². The van der Waals surface area contributed by atoms with Crippen LogP contribution in [0.2, 0.25) is 0 Å². The van der Waals surface area contributed by atoms with E-state index in [0.29, 0.717) is 33.8 Å². The number of alkyl halides is 3. The van der Waals surface area contributed by atoms with Gasteiger partial charge in [-0.2, -0.15) is 4.31 Å². The monoisotopic (exact) mass is 803 g/mol. The van der Waals surface area contributed by atoms with Gasteiger partial charge in [0.05, 0.1) is 30.8 Å². The second-order valence-corrected chi connectivity index (χ2v) is 17.1. The second-order valence-electron chi connectivity index (χ2n) is 13.2. The Hall–Kier alpha value is -4.31. The molecule has 0 amide bonds. The minimum Gasteiger partial charge on any atom is -0.496 e. The maximum absolute atomic E-state index is 14.8. The van der Waals surface area contributed by atoms with E-state index in [-0.39, 0.29) is 18.0 Å². The Kier molecular flexibility index (Phi) is 11.8. The van der Waals surface area contributed by atoms with Crippen LogP contribution in [-0.2, 0) is 27.8 Å². The molecule has 7 rings (SSSR count). The number of carbonyl (C=O) groups excluding carboxylic acids is 1. The lowest BCUT2D eigenvalue weighted by molar-refractivity contribution is 0.0379. The summed E-state index contributed by atoms with van der Waals surface area (Å²) in [4.78, 5) is 15.0. The highest BCUT2D eigenvalue weighted by Crippen LogP contribution is 2.52. The smallest absolute Gasteiger partial charge is 0.339 e. The number of aryl methyl sites for hydroxylation is 1. The van der Waals surface area contributed by atoms with Crippen LogP contribution in [0.15, 0.2) is 102 Å². The van der Waals surface area contributed by atoms with Crippen molar-refractivity contribution in [2.75, 3.05) is 14.2 Å². The van der Waals surface area contributed by atoms with Crippen LogP contribution in [0, 0.1) is 13.8 Å². The van der Waals surface area contributed by atoms with Crippen LogP contribution in [0.25, 0.3) is 43.8 Å². The molecule has 280 valence electrons. The number of hydrogen-bond acceptors (Lipinski definition) is 6. The maximum Gasteiger partial charge on any atom is 0.339 e. The summed E-state index contributed by atoms with van der Waals surface area (Å²) >= 11 is 14.4. The summed E-state index contributed by atoms with van der Waals surface area (Å²) in [5.41, 5.74) is 6.34. The van der Waals surface area contributed by atoms with E-state index in [1.165, 1.54) is 4.31 Å². The third-order valence-electron chi connectivity index (χ3n) is 9.59. The molecule has 6 aromatic carbocycles. The van der Waals surface area contributed by atoms with E-state index in [0.717, 1.165) is 49.4 Å². The van der Waals surface area contributed by atoms with Crippen molar-refractivity contribution < 1.29 is 27.4 Å². The summed E-state index contributed by atoms with van der Waals surface area (Å²) in [5.74, 6) is 0.632. The highest BCUT2D eigenvalue weighted by atomic mass is 35.6. The SMILES string of the molecule is COc1ccc2ccccc2c1-c1c(C)c2c(c(-c3c(OC)ccc4ccccc34)c1C(=O)OC(C)C)CN(S(=O)(=O)c1ccc(C)cc1)C2.ClC(Cl)Cl. The Bertz CT molecular complexity index is 2480. The first-order valence-electron chi connectivity index (χ1n) is 17.3. The molecular weight excluding hydrogens is 765 g/mol. The van der Waals surface area contributed by atoms with Crippen molar-refractivity contribution in [3.05, 3.63) is 125 Å². The Morgan fingerprint density at radius 1 is 0.667 bits per heavy atom. The number of carbonyl (C=O) groups is 1. The first-order chi connectivity index (χ1) is 25.8. The number of sulfonamides is 1. The first kappa shape index (κ1) is 39.4. The number of halogens is 3. The second kappa shape index (κ2) is 16.2. The van der Waals surface area contributed by atoms with Crippen LogP contribution in [0.3, 0.4) is 0 Å². The number of nitrogens with zero attached hydrogens (tertiary/aromatic N) is 1. The van der Waals surface area contributed by atoms with Crippen LogP contribution < -0.4 is 9.47 Å². The third kappa shape index (κ3) is 7.51. The largest absolute Gasteiger partial charge is 0.496 e. The van der Waals surface area contributed by atoms with Crippen molar-refractivity contribution in [3.63, 3.8) is 0 Å². The molecule has 0 saturated heterocycles. The van der Waals surface area contributed by atoms with Gasteiger partial charge in [0.15, 0.2) is 4.30 Å². The minimum atomic E-state index is -3.91. The van der Waals surface area contributed by atoms with Gasteiger partial charge in [-0.3, -0.25) is 0 Å². The van der Waals surface area contributed by atoms with E-state index >= 15 is 0 Å². The van der Waals surface area contributed by atoms with Gasteiger partial charge in [0.25, 0.3) is 0 Å². The Morgan fingerprint density at radius 3 is 1.65 bits per heavy atom. The van der Waals surface area contributed by atoms with E-state index in [1.807, 2.05) is 100 Å². The van der Waals surface area contributed by atoms with E-state index in [2.05, 4.69) is 0 Å². The van der Waals surface area contributed by atoms with Gasteiger partial charge in [-0.05, 0) is 90.2 Å². The fraction of sp³-hybridized carbons (Fsp3) is 0.233. The van der Waals surface area contributed by atoms with Crippen molar-refractivity contribution in [3.8, 4) is 33.8 Å². The average molecular weight is 805 g/mol. The topological polar surface area (TPSA) is 82.1 Å². The molecule has 0 aromatic heterocycles. The zero-order valence-corrected chi connectivity index (χ0v) is 33.8. The summed E-state index contributed by atoms with van der Waals surface area (Å²) < 4.78 is 47.5. The van der Waals surface area contributed by atoms with Crippen LogP contribution in [0.5, 0.6) is 11.5 Å². The summed E-state index contributed by atoms with van der Waals surface area (Å²) in [7, 11) is -0.687. The highest BCUT2D eigenvalue weighted by molar-refractivity contribution is 7.89. The molecule has 0 atom stereocenters. The highest BCUT2D eigenvalue weighted by Gasteiger charge is 2.39. The Balaban J connectivity index is 0.00000119. The molecule has 0 saturated carbocycles. The fourth-order valence-electron chi connectivity index (χ4n) is 7.24. The quantitative estimate of drug-likeness (QED) is 0.113. The average Bonchev–Trinajstić information content (AvgIpc) is 3.61. The van der Waals surface area contributed by atoms with Gasteiger partial charge in [-0.25, -0.2) is 13.2 Å². The molecule has 1 heterocycles. The Morgan fingerprint density at radius 2 is 1.15 bits per heavy atom. The number of benzene rings is 6. The number of esters is 1. The number of methoxy groups -OCH3 is 2. The van der Waals surface area contributed by atoms with Gasteiger partial charge in [-0.15, -0.1) is 0 Å². The molecule has 0 N–H and O–H groups in total. The van der Waals surface area contributed by atoms with Gasteiger partial charge in [-0.1, -0.05) is 113 Å². The van der Waals surface area contributed by atoms with E-state index in [9.17, 15) is 13.2 Å². The van der Waals surface area contributed by atoms with Crippen molar-refractivity contribution in [1.29, 1.82) is 0 Å². The molecule has 0 radical (unpaired) electrons. The van der Waals surface area contributed by atoms with Gasteiger partial charge in [0.2, 0.25) is 10.0 Å². The lowest BCUT2D eigenvalue weighted by Gasteiger charge is -2.25. The molecule has 0 spiro atoms. The lowest BCUT2D eigenvalue weighted by atomic mass is 9.80. The van der Waals surface area contributed by atoms with Gasteiger partial charge < -0.3 is 14.2 Å². The van der Waals surface area contributed by atoms with E-state index < -0.39 is 26.4 Å². The summed E-state index contributed by atoms with van der Waals surface area (Å²) in [6, 6.07) is 30.6. The van der Waals surface area contributed by atoms with Gasteiger partial charge in [0, 0.05) is 35.3 Å². The van der Waals surface area contributed by atoms with Crippen LogP contribution in [0.1, 0.15) is 46.5 Å². The molecule has 0 fully saturated rings. The van der Waals surface area contributed by atoms with E-state index in [1.54, 1.807) is 38.5 Å². The molecule has 1 aliphatic rings. The zero-order valence-electron chi connectivity index (χ0n) is 30.7. The molecule has 0 unspecified atom stereocenters. The molecule has 54 heavy (non-hydrogen) atoms. The summed E-state index contributed by atoms with van der Waals surface area (Å²) in [6.45, 7) is 7.72. The maximum atomic E-state index is 14.8. The van der Waals surface area contributed by atoms with Crippen LogP contribution in [-0.4, -0.2) is 43.3 Å². The number of rotatable bonds is 8. The fourth-order valence-corrected chi connectivity index (χ4v) is 8.62. The van der Waals surface area contributed by atoms with E-state index in [4.69, 9.17) is 49.0 Å². The molecule has 0 bridgehead atoms. The van der Waals surface area contributed by atoms with Crippen LogP contribution >= 0.6 is 34.8 Å². The third-order valence-corrected chi connectivity index (χ3v) is 11.4. The van der Waals surface area contributed by atoms with Crippen molar-refractivity contribution in [1.82, 2.24) is 4.31 Å². The minimum absolute atomic E-state index is 0.0585. The number of fused-ring (bicyclic) bond motifs is 3. The van der Waals surface area contributed by atoms with Crippen molar-refractivity contribution >= 4 is 72.3 Å². The van der Waals surface area contributed by atoms with Gasteiger partial charge >= 0.3 is 5.97 Å². The van der Waals surface area contributed by atoms with Crippen molar-refractivity contribution in [2.24, 2.45) is 0 Å². The summed E-state index contributed by atoms with van der Waals surface area (Å²) in [5, 5.41) is 3.69. The van der Waals surface area contributed by atoms with Gasteiger partial charge in [0.1, 0.15) is 11.5 Å². The summed E-state index contributed by atoms with van der Waals surface area (Å²) in [6.07, 6.45) is -0.418. The molecule has 6 aromatic rings. The van der Waals surface area contributed by atoms with Crippen LogP contribution in [0.4, 0.5) is 0 Å². The predicted octanol–water partition coefficient (Wildman–Crippen LogP) is 11.2.